The lowest BCUT2D eigenvalue weighted by Gasteiger charge is -2.25. The molecule has 118 valence electrons. The summed E-state index contributed by atoms with van der Waals surface area (Å²) in [4.78, 5) is 0.431. The van der Waals surface area contributed by atoms with Crippen molar-refractivity contribution in [3.63, 3.8) is 0 Å². The lowest BCUT2D eigenvalue weighted by atomic mass is 9.91. The van der Waals surface area contributed by atoms with Crippen molar-refractivity contribution in [2.75, 3.05) is 6.54 Å². The van der Waals surface area contributed by atoms with Crippen LogP contribution in [0.5, 0.6) is 0 Å². The van der Waals surface area contributed by atoms with Crippen LogP contribution in [0.3, 0.4) is 0 Å². The fraction of sp³-hybridized carbons (Fsp3) is 0.625. The van der Waals surface area contributed by atoms with Crippen LogP contribution in [0, 0.1) is 0 Å². The summed E-state index contributed by atoms with van der Waals surface area (Å²) in [7, 11) is -3.41. The Balaban J connectivity index is 2.31. The summed E-state index contributed by atoms with van der Waals surface area (Å²) in [5.41, 5.74) is 0.901. The molecule has 5 heteroatoms. The molecule has 1 aliphatic rings. The number of hydrogen-bond donors (Lipinski definition) is 2. The molecule has 1 fully saturated rings. The van der Waals surface area contributed by atoms with Crippen LogP contribution < -0.4 is 10.0 Å². The van der Waals surface area contributed by atoms with Crippen LogP contribution in [0.4, 0.5) is 0 Å². The molecule has 1 saturated carbocycles. The molecule has 0 spiro atoms. The predicted molar refractivity (Wildman–Crippen MR) is 86.0 cm³/mol. The Morgan fingerprint density at radius 1 is 1.24 bits per heavy atom. The molecule has 4 nitrogen and oxygen atoms in total. The highest BCUT2D eigenvalue weighted by atomic mass is 32.2. The molecular formula is C16H26N2O2S. The molecule has 0 aliphatic heterocycles. The normalized spacial score (nSPS) is 18.4. The minimum absolute atomic E-state index is 0.133. The van der Waals surface area contributed by atoms with Crippen molar-refractivity contribution in [2.45, 2.75) is 62.9 Å². The maximum atomic E-state index is 12.5. The Bertz CT molecular complexity index is 567. The maximum Gasteiger partial charge on any atom is 0.241 e. The third kappa shape index (κ3) is 4.05. The Morgan fingerprint density at radius 3 is 2.48 bits per heavy atom. The fourth-order valence-electron chi connectivity index (χ4n) is 2.74. The van der Waals surface area contributed by atoms with Crippen LogP contribution in [0.1, 0.15) is 51.5 Å². The molecule has 0 radical (unpaired) electrons. The number of likely N-dealkylation sites (N-methyl/N-ethyl adjacent to an activating group) is 1. The van der Waals surface area contributed by atoms with E-state index in [1.165, 1.54) is 0 Å². The molecule has 2 unspecified atom stereocenters. The molecular weight excluding hydrogens is 284 g/mol. The molecule has 0 amide bonds. The predicted octanol–water partition coefficient (Wildman–Crippen LogP) is 2.62. The number of sulfonamides is 1. The molecule has 0 aromatic heterocycles. The van der Waals surface area contributed by atoms with Crippen molar-refractivity contribution >= 4 is 10.0 Å². The van der Waals surface area contributed by atoms with Crippen LogP contribution in [0.2, 0.25) is 0 Å². The van der Waals surface area contributed by atoms with E-state index in [1.807, 2.05) is 12.1 Å². The molecule has 2 atom stereocenters. The van der Waals surface area contributed by atoms with E-state index in [9.17, 15) is 8.42 Å². The second kappa shape index (κ2) is 6.90. The van der Waals surface area contributed by atoms with Gasteiger partial charge in [-0.1, -0.05) is 39.0 Å². The third-order valence-corrected chi connectivity index (χ3v) is 5.70. The molecule has 0 heterocycles. The zero-order chi connectivity index (χ0) is 15.5. The first-order chi connectivity index (χ1) is 9.99. The number of rotatable bonds is 8. The van der Waals surface area contributed by atoms with Gasteiger partial charge in [-0.15, -0.1) is 0 Å². The van der Waals surface area contributed by atoms with Gasteiger partial charge in [0.1, 0.15) is 0 Å². The van der Waals surface area contributed by atoms with Crippen LogP contribution in [0.15, 0.2) is 29.2 Å². The highest BCUT2D eigenvalue weighted by molar-refractivity contribution is 7.89. The summed E-state index contributed by atoms with van der Waals surface area (Å²) < 4.78 is 27.9. The van der Waals surface area contributed by atoms with E-state index in [1.54, 1.807) is 12.1 Å². The van der Waals surface area contributed by atoms with E-state index >= 15 is 0 Å². The van der Waals surface area contributed by atoms with Crippen LogP contribution in [-0.4, -0.2) is 27.0 Å². The van der Waals surface area contributed by atoms with Crippen molar-refractivity contribution in [2.24, 2.45) is 0 Å². The molecule has 1 aromatic carbocycles. The van der Waals surface area contributed by atoms with E-state index < -0.39 is 10.0 Å². The summed E-state index contributed by atoms with van der Waals surface area (Å²) in [6.07, 6.45) is 2.87. The Kier molecular flexibility index (Phi) is 5.41. The van der Waals surface area contributed by atoms with Gasteiger partial charge in [-0.2, -0.15) is 0 Å². The summed E-state index contributed by atoms with van der Waals surface area (Å²) in [6.45, 7) is 7.19. The van der Waals surface area contributed by atoms with Crippen LogP contribution >= 0.6 is 0 Å². The summed E-state index contributed by atoms with van der Waals surface area (Å²) in [5.74, 6) is 0.155. The van der Waals surface area contributed by atoms with Gasteiger partial charge in [-0.3, -0.25) is 0 Å². The van der Waals surface area contributed by atoms with Gasteiger partial charge in [0, 0.05) is 12.1 Å². The average Bonchev–Trinajstić information content (AvgIpc) is 3.27. The first-order valence-electron chi connectivity index (χ1n) is 7.84. The monoisotopic (exact) mass is 310 g/mol. The Hall–Kier alpha value is -0.910. The second-order valence-electron chi connectivity index (χ2n) is 5.79. The van der Waals surface area contributed by atoms with Crippen LogP contribution in [-0.2, 0) is 10.0 Å². The molecule has 1 aliphatic carbocycles. The molecule has 0 bridgehead atoms. The summed E-state index contributed by atoms with van der Waals surface area (Å²) in [6, 6.07) is 7.79. The molecule has 1 aromatic rings. The first kappa shape index (κ1) is 16.5. The Labute approximate surface area is 128 Å². The molecule has 2 N–H and O–H groups in total. The Morgan fingerprint density at radius 2 is 1.90 bits per heavy atom. The lowest BCUT2D eigenvalue weighted by molar-refractivity contribution is 0.444. The van der Waals surface area contributed by atoms with E-state index in [2.05, 4.69) is 30.8 Å². The smallest absolute Gasteiger partial charge is 0.241 e. The molecule has 2 rings (SSSR count). The van der Waals surface area contributed by atoms with Gasteiger partial charge < -0.3 is 5.32 Å². The van der Waals surface area contributed by atoms with E-state index in [4.69, 9.17) is 0 Å². The van der Waals surface area contributed by atoms with Crippen molar-refractivity contribution < 1.29 is 8.42 Å². The summed E-state index contributed by atoms with van der Waals surface area (Å²) >= 11 is 0. The topological polar surface area (TPSA) is 58.2 Å². The average molecular weight is 310 g/mol. The van der Waals surface area contributed by atoms with Gasteiger partial charge in [-0.05, 0) is 43.4 Å². The van der Waals surface area contributed by atoms with Gasteiger partial charge in [0.15, 0.2) is 0 Å². The number of hydrogen-bond acceptors (Lipinski definition) is 3. The van der Waals surface area contributed by atoms with Gasteiger partial charge in [0.05, 0.1) is 4.90 Å². The number of nitrogens with one attached hydrogen (secondary N) is 2. The van der Waals surface area contributed by atoms with E-state index in [0.29, 0.717) is 4.90 Å². The van der Waals surface area contributed by atoms with E-state index in [0.717, 1.165) is 31.4 Å². The van der Waals surface area contributed by atoms with Crippen LogP contribution in [0.25, 0.3) is 0 Å². The molecule has 0 saturated heterocycles. The minimum atomic E-state index is -3.41. The third-order valence-electron chi connectivity index (χ3n) is 4.11. The van der Waals surface area contributed by atoms with Crippen molar-refractivity contribution in [3.8, 4) is 0 Å². The van der Waals surface area contributed by atoms with Crippen molar-refractivity contribution in [1.29, 1.82) is 0 Å². The first-order valence-corrected chi connectivity index (χ1v) is 9.32. The van der Waals surface area contributed by atoms with Gasteiger partial charge in [0.25, 0.3) is 0 Å². The highest BCUT2D eigenvalue weighted by Crippen LogP contribution is 2.29. The highest BCUT2D eigenvalue weighted by Gasteiger charge is 2.30. The minimum Gasteiger partial charge on any atom is -0.314 e. The van der Waals surface area contributed by atoms with Gasteiger partial charge >= 0.3 is 0 Å². The summed E-state index contributed by atoms with van der Waals surface area (Å²) in [5, 5.41) is 3.45. The van der Waals surface area contributed by atoms with Gasteiger partial charge in [-0.25, -0.2) is 13.1 Å². The van der Waals surface area contributed by atoms with E-state index in [-0.39, 0.29) is 18.0 Å². The molecule has 21 heavy (non-hydrogen) atoms. The standard InChI is InChI=1S/C16H26N2O2S/c1-4-15(17-5-2)12(3)14-8-6-7-9-16(14)21(19,20)18-13-10-11-13/h6-9,12-13,15,17-18H,4-5,10-11H2,1-3H3. The number of benzene rings is 1. The fourth-order valence-corrected chi connectivity index (χ4v) is 4.36. The zero-order valence-electron chi connectivity index (χ0n) is 13.1. The zero-order valence-corrected chi connectivity index (χ0v) is 13.9. The SMILES string of the molecule is CCNC(CC)C(C)c1ccccc1S(=O)(=O)NC1CC1. The quantitative estimate of drug-likeness (QED) is 0.776. The lowest BCUT2D eigenvalue weighted by Crippen LogP contribution is -2.34. The maximum absolute atomic E-state index is 12.5. The van der Waals surface area contributed by atoms with Crippen molar-refractivity contribution in [1.82, 2.24) is 10.0 Å². The largest absolute Gasteiger partial charge is 0.314 e. The van der Waals surface area contributed by atoms with Crippen molar-refractivity contribution in [3.05, 3.63) is 29.8 Å². The second-order valence-corrected chi connectivity index (χ2v) is 7.48. The van der Waals surface area contributed by atoms with Gasteiger partial charge in [0.2, 0.25) is 10.0 Å².